The van der Waals surface area contributed by atoms with Gasteiger partial charge in [0.15, 0.2) is 0 Å². The van der Waals surface area contributed by atoms with Crippen molar-refractivity contribution in [3.8, 4) is 0 Å². The summed E-state index contributed by atoms with van der Waals surface area (Å²) in [5, 5.41) is 3.72. The van der Waals surface area contributed by atoms with Crippen LogP contribution in [0, 0.1) is 5.41 Å². The molecule has 0 bridgehead atoms. The van der Waals surface area contributed by atoms with Crippen LogP contribution in [0.15, 0.2) is 30.3 Å². The number of nitrogens with zero attached hydrogens (tertiary/aromatic N) is 1. The van der Waals surface area contributed by atoms with Gasteiger partial charge in [0, 0.05) is 26.2 Å². The number of hydrogen-bond acceptors (Lipinski definition) is 2. The van der Waals surface area contributed by atoms with E-state index in [0.717, 1.165) is 13.1 Å². The lowest BCUT2D eigenvalue weighted by Gasteiger charge is -2.48. The van der Waals surface area contributed by atoms with E-state index in [1.165, 1.54) is 37.9 Å². The summed E-state index contributed by atoms with van der Waals surface area (Å²) in [7, 11) is 0. The molecule has 19 heavy (non-hydrogen) atoms. The molecule has 0 aromatic heterocycles. The molecule has 1 atom stereocenters. The van der Waals surface area contributed by atoms with Gasteiger partial charge in [-0.15, -0.1) is 0 Å². The van der Waals surface area contributed by atoms with Gasteiger partial charge in [0.1, 0.15) is 0 Å². The molecule has 1 aliphatic carbocycles. The van der Waals surface area contributed by atoms with Gasteiger partial charge in [0.05, 0.1) is 5.54 Å². The number of benzene rings is 1. The second-order valence-electron chi connectivity index (χ2n) is 7.00. The maximum absolute atomic E-state index is 3.72. The summed E-state index contributed by atoms with van der Waals surface area (Å²) in [6.45, 7) is 9.50. The lowest BCUT2D eigenvalue weighted by molar-refractivity contribution is 0.0493. The van der Waals surface area contributed by atoms with Crippen LogP contribution in [0.4, 0.5) is 0 Å². The van der Waals surface area contributed by atoms with Gasteiger partial charge in [0.2, 0.25) is 0 Å². The van der Waals surface area contributed by atoms with Gasteiger partial charge in [-0.2, -0.15) is 0 Å². The molecule has 2 fully saturated rings. The van der Waals surface area contributed by atoms with E-state index < -0.39 is 0 Å². The van der Waals surface area contributed by atoms with E-state index in [1.54, 1.807) is 0 Å². The Balaban J connectivity index is 1.70. The number of rotatable bonds is 3. The smallest absolute Gasteiger partial charge is 0.0535 e. The average Bonchev–Trinajstić information content (AvgIpc) is 2.38. The predicted molar refractivity (Wildman–Crippen MR) is 80.2 cm³/mol. The first kappa shape index (κ1) is 13.1. The second kappa shape index (κ2) is 4.92. The first-order valence-corrected chi connectivity index (χ1v) is 7.63. The van der Waals surface area contributed by atoms with Crippen molar-refractivity contribution in [2.24, 2.45) is 5.41 Å². The third-order valence-electron chi connectivity index (χ3n) is 5.06. The Morgan fingerprint density at radius 1 is 1.16 bits per heavy atom. The normalized spacial score (nSPS) is 30.8. The minimum absolute atomic E-state index is 0.111. The average molecular weight is 258 g/mol. The van der Waals surface area contributed by atoms with E-state index in [4.69, 9.17) is 0 Å². The van der Waals surface area contributed by atoms with Crippen molar-refractivity contribution >= 4 is 0 Å². The molecule has 2 heteroatoms. The first-order chi connectivity index (χ1) is 9.10. The summed E-state index contributed by atoms with van der Waals surface area (Å²) in [4.78, 5) is 2.67. The van der Waals surface area contributed by atoms with E-state index in [1.807, 2.05) is 0 Å². The molecule has 1 aromatic rings. The minimum atomic E-state index is 0.111. The SMILES string of the molecule is CC1(CN2CCNC(C)(c3ccccc3)C2)CCC1. The molecular weight excluding hydrogens is 232 g/mol. The van der Waals surface area contributed by atoms with Gasteiger partial charge in [-0.1, -0.05) is 43.7 Å². The fourth-order valence-electron chi connectivity index (χ4n) is 3.68. The molecule has 0 amide bonds. The van der Waals surface area contributed by atoms with Crippen LogP contribution < -0.4 is 5.32 Å². The Bertz CT molecular complexity index is 424. The van der Waals surface area contributed by atoms with E-state index >= 15 is 0 Å². The highest BCUT2D eigenvalue weighted by atomic mass is 15.2. The third-order valence-corrected chi connectivity index (χ3v) is 5.06. The van der Waals surface area contributed by atoms with E-state index in [0.29, 0.717) is 5.41 Å². The van der Waals surface area contributed by atoms with Crippen molar-refractivity contribution in [1.82, 2.24) is 10.2 Å². The minimum Gasteiger partial charge on any atom is -0.305 e. The molecule has 1 heterocycles. The van der Waals surface area contributed by atoms with Gasteiger partial charge < -0.3 is 5.32 Å². The van der Waals surface area contributed by atoms with Crippen LogP contribution in [0.5, 0.6) is 0 Å². The summed E-state index contributed by atoms with van der Waals surface area (Å²) in [6, 6.07) is 10.9. The van der Waals surface area contributed by atoms with Gasteiger partial charge in [0.25, 0.3) is 0 Å². The van der Waals surface area contributed by atoms with Crippen LogP contribution in [0.25, 0.3) is 0 Å². The topological polar surface area (TPSA) is 15.3 Å². The van der Waals surface area contributed by atoms with Gasteiger partial charge in [-0.25, -0.2) is 0 Å². The molecule has 1 aliphatic heterocycles. The van der Waals surface area contributed by atoms with Crippen molar-refractivity contribution in [2.45, 2.75) is 38.6 Å². The zero-order valence-electron chi connectivity index (χ0n) is 12.3. The van der Waals surface area contributed by atoms with E-state index in [9.17, 15) is 0 Å². The van der Waals surface area contributed by atoms with E-state index in [-0.39, 0.29) is 5.54 Å². The highest BCUT2D eigenvalue weighted by Crippen LogP contribution is 2.41. The Kier molecular flexibility index (Phi) is 3.40. The van der Waals surface area contributed by atoms with Crippen LogP contribution in [0.2, 0.25) is 0 Å². The van der Waals surface area contributed by atoms with Crippen molar-refractivity contribution < 1.29 is 0 Å². The molecule has 0 radical (unpaired) electrons. The molecule has 0 spiro atoms. The molecule has 104 valence electrons. The van der Waals surface area contributed by atoms with Gasteiger partial charge in [-0.05, 0) is 30.7 Å². The number of hydrogen-bond donors (Lipinski definition) is 1. The van der Waals surface area contributed by atoms with Crippen LogP contribution in [0.3, 0.4) is 0 Å². The quantitative estimate of drug-likeness (QED) is 0.896. The number of nitrogens with one attached hydrogen (secondary N) is 1. The molecule has 1 saturated carbocycles. The van der Waals surface area contributed by atoms with Crippen molar-refractivity contribution in [2.75, 3.05) is 26.2 Å². The van der Waals surface area contributed by atoms with Crippen molar-refractivity contribution in [3.05, 3.63) is 35.9 Å². The van der Waals surface area contributed by atoms with Crippen LogP contribution in [-0.4, -0.2) is 31.1 Å². The van der Waals surface area contributed by atoms with Gasteiger partial charge in [-0.3, -0.25) is 4.90 Å². The highest BCUT2D eigenvalue weighted by Gasteiger charge is 2.38. The predicted octanol–water partition coefficient (Wildman–Crippen LogP) is 3.00. The fourth-order valence-corrected chi connectivity index (χ4v) is 3.68. The monoisotopic (exact) mass is 258 g/mol. The summed E-state index contributed by atoms with van der Waals surface area (Å²) in [5.74, 6) is 0. The Morgan fingerprint density at radius 2 is 1.89 bits per heavy atom. The molecule has 2 nitrogen and oxygen atoms in total. The molecular formula is C17H26N2. The third kappa shape index (κ3) is 2.70. The van der Waals surface area contributed by atoms with Crippen LogP contribution in [-0.2, 0) is 5.54 Å². The maximum atomic E-state index is 3.72. The van der Waals surface area contributed by atoms with Crippen LogP contribution in [0.1, 0.15) is 38.7 Å². The van der Waals surface area contributed by atoms with Crippen molar-refractivity contribution in [3.63, 3.8) is 0 Å². The molecule has 3 rings (SSSR count). The molecule has 1 unspecified atom stereocenters. The molecule has 1 N–H and O–H groups in total. The molecule has 2 aliphatic rings. The lowest BCUT2D eigenvalue weighted by Crippen LogP contribution is -2.58. The summed E-state index contributed by atoms with van der Waals surface area (Å²) >= 11 is 0. The second-order valence-corrected chi connectivity index (χ2v) is 7.00. The van der Waals surface area contributed by atoms with Crippen LogP contribution >= 0.6 is 0 Å². The summed E-state index contributed by atoms with van der Waals surface area (Å²) < 4.78 is 0. The van der Waals surface area contributed by atoms with E-state index in [2.05, 4.69) is 54.4 Å². The zero-order valence-corrected chi connectivity index (χ0v) is 12.3. The van der Waals surface area contributed by atoms with Crippen molar-refractivity contribution in [1.29, 1.82) is 0 Å². The number of piperazine rings is 1. The fraction of sp³-hybridized carbons (Fsp3) is 0.647. The summed E-state index contributed by atoms with van der Waals surface area (Å²) in [6.07, 6.45) is 4.26. The molecule has 1 saturated heterocycles. The highest BCUT2D eigenvalue weighted by molar-refractivity contribution is 5.25. The van der Waals surface area contributed by atoms with Gasteiger partial charge >= 0.3 is 0 Å². The maximum Gasteiger partial charge on any atom is 0.0535 e. The Morgan fingerprint density at radius 3 is 2.53 bits per heavy atom. The Labute approximate surface area is 117 Å². The standard InChI is InChI=1S/C17H26N2/c1-16(9-6-10-16)13-19-12-11-18-17(2,14-19)15-7-4-3-5-8-15/h3-5,7-8,18H,6,9-14H2,1-2H3. The lowest BCUT2D eigenvalue weighted by atomic mass is 9.70. The Hall–Kier alpha value is -0.860. The first-order valence-electron chi connectivity index (χ1n) is 7.63. The largest absolute Gasteiger partial charge is 0.305 e. The zero-order chi connectivity index (χ0) is 13.3. The molecule has 1 aromatic carbocycles. The summed E-state index contributed by atoms with van der Waals surface area (Å²) in [5.41, 5.74) is 2.12.